The van der Waals surface area contributed by atoms with Crippen molar-refractivity contribution >= 4 is 0 Å². The molecule has 0 bridgehead atoms. The minimum Gasteiger partial charge on any atom is -0.497 e. The van der Waals surface area contributed by atoms with Crippen LogP contribution in [0.3, 0.4) is 0 Å². The maximum atomic E-state index is 10.7. The number of likely N-dealkylation sites (N-methyl/N-ethyl adjacent to an activating group) is 1. The molecule has 118 valence electrons. The van der Waals surface area contributed by atoms with E-state index >= 15 is 0 Å². The van der Waals surface area contributed by atoms with Gasteiger partial charge < -0.3 is 19.6 Å². The molecule has 0 fully saturated rings. The third kappa shape index (κ3) is 3.96. The molecule has 21 heavy (non-hydrogen) atoms. The fourth-order valence-corrected chi connectivity index (χ4v) is 3.14. The van der Waals surface area contributed by atoms with E-state index in [1.807, 2.05) is 12.1 Å². The van der Waals surface area contributed by atoms with Gasteiger partial charge in [-0.1, -0.05) is 6.07 Å². The summed E-state index contributed by atoms with van der Waals surface area (Å²) in [6, 6.07) is 6.25. The molecule has 1 N–H and O–H groups in total. The third-order valence-electron chi connectivity index (χ3n) is 4.43. The van der Waals surface area contributed by atoms with Crippen LogP contribution in [0.4, 0.5) is 0 Å². The molecule has 0 radical (unpaired) electrons. The van der Waals surface area contributed by atoms with Gasteiger partial charge in [0.25, 0.3) is 0 Å². The Hall–Kier alpha value is -1.10. The maximum absolute atomic E-state index is 10.7. The number of rotatable bonds is 6. The molecular formula is C17H28N2O2. The normalized spacial score (nSPS) is 21.7. The number of fused-ring (bicyclic) bond motifs is 1. The average Bonchev–Trinajstić information content (AvgIpc) is 2.47. The Bertz CT molecular complexity index is 462. The quantitative estimate of drug-likeness (QED) is 0.869. The molecule has 0 heterocycles. The van der Waals surface area contributed by atoms with Gasteiger partial charge in [0.2, 0.25) is 0 Å². The predicted molar refractivity (Wildman–Crippen MR) is 85.9 cm³/mol. The fraction of sp³-hybridized carbons (Fsp3) is 0.647. The lowest BCUT2D eigenvalue weighted by atomic mass is 9.85. The van der Waals surface area contributed by atoms with Crippen LogP contribution in [0.25, 0.3) is 0 Å². The summed E-state index contributed by atoms with van der Waals surface area (Å²) < 4.78 is 5.29. The predicted octanol–water partition coefficient (Wildman–Crippen LogP) is 1.93. The Morgan fingerprint density at radius 1 is 1.24 bits per heavy atom. The molecule has 0 amide bonds. The molecule has 0 saturated heterocycles. The highest BCUT2D eigenvalue weighted by Crippen LogP contribution is 2.34. The van der Waals surface area contributed by atoms with Crippen LogP contribution in [0.2, 0.25) is 0 Å². The molecule has 4 nitrogen and oxygen atoms in total. The van der Waals surface area contributed by atoms with Gasteiger partial charge in [-0.05, 0) is 76.8 Å². The minimum atomic E-state index is -0.423. The minimum absolute atomic E-state index is 0.201. The number of aliphatic hydroxyl groups excluding tert-OH is 1. The van der Waals surface area contributed by atoms with E-state index in [9.17, 15) is 5.11 Å². The molecule has 1 aromatic carbocycles. The second kappa shape index (κ2) is 7.25. The number of methoxy groups -OCH3 is 1. The number of hydrogen-bond acceptors (Lipinski definition) is 4. The van der Waals surface area contributed by atoms with Crippen LogP contribution in [0, 0.1) is 0 Å². The summed E-state index contributed by atoms with van der Waals surface area (Å²) in [6.07, 6.45) is 2.74. The summed E-state index contributed by atoms with van der Waals surface area (Å²) in [5.41, 5.74) is 2.28. The summed E-state index contributed by atoms with van der Waals surface area (Å²) in [5.74, 6) is 0.823. The topological polar surface area (TPSA) is 35.9 Å². The molecule has 0 aliphatic heterocycles. The van der Waals surface area contributed by atoms with E-state index in [2.05, 4.69) is 37.0 Å². The first kappa shape index (κ1) is 16.3. The Morgan fingerprint density at radius 3 is 2.67 bits per heavy atom. The van der Waals surface area contributed by atoms with Gasteiger partial charge in [-0.2, -0.15) is 0 Å². The van der Waals surface area contributed by atoms with E-state index in [1.54, 1.807) is 7.11 Å². The SMILES string of the molecule is COc1ccc2c(c1)C(O)C(N(C)CCCN(C)C)CC2. The number of aryl methyl sites for hydroxylation is 1. The van der Waals surface area contributed by atoms with Crippen molar-refractivity contribution in [2.24, 2.45) is 0 Å². The Balaban J connectivity index is 2.03. The van der Waals surface area contributed by atoms with Gasteiger partial charge in [-0.3, -0.25) is 0 Å². The van der Waals surface area contributed by atoms with Gasteiger partial charge in [0, 0.05) is 6.04 Å². The second-order valence-corrected chi connectivity index (χ2v) is 6.25. The van der Waals surface area contributed by atoms with E-state index in [-0.39, 0.29) is 6.04 Å². The van der Waals surface area contributed by atoms with Crippen molar-refractivity contribution in [2.45, 2.75) is 31.4 Å². The van der Waals surface area contributed by atoms with Crippen molar-refractivity contribution < 1.29 is 9.84 Å². The summed E-state index contributed by atoms with van der Waals surface area (Å²) in [6.45, 7) is 2.09. The Labute approximate surface area is 128 Å². The van der Waals surface area contributed by atoms with Crippen LogP contribution in [-0.4, -0.2) is 62.3 Å². The summed E-state index contributed by atoms with van der Waals surface area (Å²) in [7, 11) is 7.98. The lowest BCUT2D eigenvalue weighted by Gasteiger charge is -2.36. The lowest BCUT2D eigenvalue weighted by Crippen LogP contribution is -2.41. The largest absolute Gasteiger partial charge is 0.497 e. The zero-order valence-electron chi connectivity index (χ0n) is 13.7. The number of aliphatic hydroxyl groups is 1. The summed E-state index contributed by atoms with van der Waals surface area (Å²) in [4.78, 5) is 4.50. The molecule has 2 rings (SSSR count). The van der Waals surface area contributed by atoms with Crippen molar-refractivity contribution in [1.29, 1.82) is 0 Å². The van der Waals surface area contributed by atoms with E-state index in [0.717, 1.165) is 43.7 Å². The van der Waals surface area contributed by atoms with Gasteiger partial charge in [0.1, 0.15) is 5.75 Å². The highest BCUT2D eigenvalue weighted by atomic mass is 16.5. The smallest absolute Gasteiger partial charge is 0.119 e. The third-order valence-corrected chi connectivity index (χ3v) is 4.43. The van der Waals surface area contributed by atoms with Gasteiger partial charge in [0.15, 0.2) is 0 Å². The molecule has 0 spiro atoms. The molecule has 1 aromatic rings. The molecule has 0 saturated carbocycles. The van der Waals surface area contributed by atoms with E-state index < -0.39 is 6.10 Å². The summed E-state index contributed by atoms with van der Waals surface area (Å²) in [5, 5.41) is 10.7. The van der Waals surface area contributed by atoms with Crippen LogP contribution in [0.5, 0.6) is 5.75 Å². The zero-order valence-corrected chi connectivity index (χ0v) is 13.7. The molecule has 2 atom stereocenters. The van der Waals surface area contributed by atoms with Crippen molar-refractivity contribution in [3.8, 4) is 5.75 Å². The van der Waals surface area contributed by atoms with Crippen LogP contribution in [0.1, 0.15) is 30.1 Å². The fourth-order valence-electron chi connectivity index (χ4n) is 3.14. The standard InChI is InChI=1S/C17H28N2O2/c1-18(2)10-5-11-19(3)16-9-7-13-6-8-14(21-4)12-15(13)17(16)20/h6,8,12,16-17,20H,5,7,9-11H2,1-4H3. The van der Waals surface area contributed by atoms with E-state index in [0.29, 0.717) is 0 Å². The van der Waals surface area contributed by atoms with Crippen molar-refractivity contribution in [2.75, 3.05) is 41.3 Å². The Morgan fingerprint density at radius 2 is 2.00 bits per heavy atom. The first-order valence-corrected chi connectivity index (χ1v) is 7.72. The number of benzene rings is 1. The number of hydrogen-bond donors (Lipinski definition) is 1. The van der Waals surface area contributed by atoms with Gasteiger partial charge in [-0.15, -0.1) is 0 Å². The average molecular weight is 292 g/mol. The number of nitrogens with zero attached hydrogens (tertiary/aromatic N) is 2. The zero-order chi connectivity index (χ0) is 15.4. The molecule has 0 aromatic heterocycles. The monoisotopic (exact) mass is 292 g/mol. The van der Waals surface area contributed by atoms with Gasteiger partial charge >= 0.3 is 0 Å². The van der Waals surface area contributed by atoms with Gasteiger partial charge in [0.05, 0.1) is 13.2 Å². The highest BCUT2D eigenvalue weighted by Gasteiger charge is 2.30. The highest BCUT2D eigenvalue weighted by molar-refractivity contribution is 5.39. The van der Waals surface area contributed by atoms with E-state index in [1.165, 1.54) is 5.56 Å². The van der Waals surface area contributed by atoms with Crippen LogP contribution < -0.4 is 4.74 Å². The van der Waals surface area contributed by atoms with Crippen LogP contribution in [-0.2, 0) is 6.42 Å². The maximum Gasteiger partial charge on any atom is 0.119 e. The van der Waals surface area contributed by atoms with Crippen LogP contribution >= 0.6 is 0 Å². The summed E-state index contributed by atoms with van der Waals surface area (Å²) >= 11 is 0. The van der Waals surface area contributed by atoms with Gasteiger partial charge in [-0.25, -0.2) is 0 Å². The van der Waals surface area contributed by atoms with Crippen molar-refractivity contribution in [3.63, 3.8) is 0 Å². The molecule has 1 aliphatic carbocycles. The molecule has 4 heteroatoms. The first-order valence-electron chi connectivity index (χ1n) is 7.72. The molecule has 2 unspecified atom stereocenters. The molecule has 1 aliphatic rings. The lowest BCUT2D eigenvalue weighted by molar-refractivity contribution is 0.0484. The van der Waals surface area contributed by atoms with Crippen molar-refractivity contribution in [1.82, 2.24) is 9.80 Å². The Kier molecular flexibility index (Phi) is 5.62. The van der Waals surface area contributed by atoms with E-state index in [4.69, 9.17) is 4.74 Å². The molecular weight excluding hydrogens is 264 g/mol. The van der Waals surface area contributed by atoms with Crippen LogP contribution in [0.15, 0.2) is 18.2 Å². The first-order chi connectivity index (χ1) is 10.0. The number of ether oxygens (including phenoxy) is 1. The second-order valence-electron chi connectivity index (χ2n) is 6.25. The van der Waals surface area contributed by atoms with Crippen molar-refractivity contribution in [3.05, 3.63) is 29.3 Å².